The van der Waals surface area contributed by atoms with Crippen LogP contribution in [0.25, 0.3) is 22.3 Å². The molecule has 5 nitrogen and oxygen atoms in total. The molecule has 0 amide bonds. The van der Waals surface area contributed by atoms with Crippen LogP contribution in [0.5, 0.6) is 5.75 Å². The summed E-state index contributed by atoms with van der Waals surface area (Å²) in [6.45, 7) is 8.63. The molecule has 0 fully saturated rings. The maximum Gasteiger partial charge on any atom is 0.374 e. The van der Waals surface area contributed by atoms with Crippen molar-refractivity contribution in [2.75, 3.05) is 18.6 Å². The van der Waals surface area contributed by atoms with Crippen LogP contribution in [0.15, 0.2) is 89.8 Å². The fourth-order valence-electron chi connectivity index (χ4n) is 5.06. The molecule has 2 aliphatic heterocycles. The summed E-state index contributed by atoms with van der Waals surface area (Å²) in [6.07, 6.45) is 3.07. The smallest absolute Gasteiger partial charge is 0.374 e. The van der Waals surface area contributed by atoms with E-state index < -0.39 is 5.97 Å². The molecule has 5 rings (SSSR count). The van der Waals surface area contributed by atoms with Crippen LogP contribution < -0.4 is 9.64 Å². The van der Waals surface area contributed by atoms with Crippen molar-refractivity contribution in [3.63, 3.8) is 0 Å². The van der Waals surface area contributed by atoms with Crippen LogP contribution >= 0.6 is 0 Å². The van der Waals surface area contributed by atoms with E-state index in [0.29, 0.717) is 5.57 Å². The second kappa shape index (κ2) is 9.47. The number of cyclic esters (lactones) is 1. The predicted molar refractivity (Wildman–Crippen MR) is 148 cm³/mol. The summed E-state index contributed by atoms with van der Waals surface area (Å²) in [4.78, 5) is 13.7. The third-order valence-electron chi connectivity index (χ3n) is 7.52. The quantitative estimate of drug-likeness (QED) is 0.367. The number of anilines is 1. The normalized spacial score (nSPS) is 18.2. The van der Waals surface area contributed by atoms with Crippen LogP contribution in [0, 0.1) is 0 Å². The molecule has 2 aliphatic rings. The van der Waals surface area contributed by atoms with E-state index in [9.17, 15) is 9.90 Å². The Labute approximate surface area is 218 Å². The molecule has 0 saturated heterocycles. The Morgan fingerprint density at radius 1 is 1.00 bits per heavy atom. The molecule has 0 aliphatic carbocycles. The molecule has 190 valence electrons. The second-order valence-electron chi connectivity index (χ2n) is 10.3. The molecule has 0 spiro atoms. The van der Waals surface area contributed by atoms with Gasteiger partial charge in [0.05, 0.1) is 6.10 Å². The van der Waals surface area contributed by atoms with Gasteiger partial charge in [-0.05, 0) is 71.5 Å². The average Bonchev–Trinajstić information content (AvgIpc) is 3.32. The van der Waals surface area contributed by atoms with E-state index in [1.54, 1.807) is 0 Å². The summed E-state index contributed by atoms with van der Waals surface area (Å²) in [5.41, 5.74) is 8.14. The van der Waals surface area contributed by atoms with Gasteiger partial charge in [0.15, 0.2) is 0 Å². The van der Waals surface area contributed by atoms with Gasteiger partial charge in [0.2, 0.25) is 5.76 Å². The lowest BCUT2D eigenvalue weighted by atomic mass is 9.82. The monoisotopic (exact) mass is 495 g/mol. The zero-order valence-corrected chi connectivity index (χ0v) is 22.0. The fraction of sp³-hybridized carbons (Fsp3) is 0.281. The maximum atomic E-state index is 11.6. The van der Waals surface area contributed by atoms with E-state index in [2.05, 4.69) is 87.2 Å². The first-order chi connectivity index (χ1) is 17.7. The Hall–Kier alpha value is -3.99. The van der Waals surface area contributed by atoms with E-state index in [4.69, 9.17) is 9.47 Å². The summed E-state index contributed by atoms with van der Waals surface area (Å²) >= 11 is 0. The van der Waals surface area contributed by atoms with Gasteiger partial charge in [0, 0.05) is 29.4 Å². The lowest BCUT2D eigenvalue weighted by Gasteiger charge is -2.24. The van der Waals surface area contributed by atoms with Crippen LogP contribution in [0.3, 0.4) is 0 Å². The minimum absolute atomic E-state index is 0.0969. The molecule has 0 bridgehead atoms. The van der Waals surface area contributed by atoms with E-state index in [-0.39, 0.29) is 23.9 Å². The number of nitrogens with zero attached hydrogens (tertiary/aromatic N) is 1. The van der Waals surface area contributed by atoms with Crippen molar-refractivity contribution < 1.29 is 19.4 Å². The highest BCUT2D eigenvalue weighted by molar-refractivity contribution is 5.90. The highest BCUT2D eigenvalue weighted by Gasteiger charge is 2.39. The first-order valence-electron chi connectivity index (χ1n) is 12.8. The van der Waals surface area contributed by atoms with Gasteiger partial charge < -0.3 is 19.5 Å². The number of hydrogen-bond acceptors (Lipinski definition) is 5. The number of ether oxygens (including phenoxy) is 2. The Morgan fingerprint density at radius 2 is 1.57 bits per heavy atom. The van der Waals surface area contributed by atoms with E-state index in [1.807, 2.05) is 25.3 Å². The number of likely N-dealkylation sites (N-methyl/N-ethyl adjacent to an activating group) is 1. The summed E-state index contributed by atoms with van der Waals surface area (Å²) in [7, 11) is 2.02. The topological polar surface area (TPSA) is 59.0 Å². The zero-order valence-electron chi connectivity index (χ0n) is 22.0. The molecule has 5 heteroatoms. The molecule has 1 N–H and O–H groups in total. The number of aliphatic hydroxyl groups is 1. The minimum atomic E-state index is -0.663. The van der Waals surface area contributed by atoms with Gasteiger partial charge in [-0.15, -0.1) is 0 Å². The minimum Gasteiger partial charge on any atom is -0.502 e. The van der Waals surface area contributed by atoms with Crippen LogP contribution in [0.1, 0.15) is 39.7 Å². The van der Waals surface area contributed by atoms with E-state index in [1.165, 1.54) is 5.56 Å². The van der Waals surface area contributed by atoms with Crippen molar-refractivity contribution in [1.29, 1.82) is 0 Å². The number of fused-ring (bicyclic) bond motifs is 1. The van der Waals surface area contributed by atoms with Crippen molar-refractivity contribution in [3.05, 3.63) is 95.4 Å². The van der Waals surface area contributed by atoms with Gasteiger partial charge in [0.25, 0.3) is 0 Å². The van der Waals surface area contributed by atoms with Gasteiger partial charge in [-0.1, -0.05) is 63.2 Å². The third kappa shape index (κ3) is 4.50. The highest BCUT2D eigenvalue weighted by atomic mass is 16.6. The predicted octanol–water partition coefficient (Wildman–Crippen LogP) is 7.18. The van der Waals surface area contributed by atoms with Gasteiger partial charge in [-0.2, -0.15) is 0 Å². The van der Waals surface area contributed by atoms with Crippen molar-refractivity contribution in [3.8, 4) is 28.0 Å². The molecular formula is C32H33NO4. The Kier molecular flexibility index (Phi) is 6.32. The number of benzene rings is 3. The average molecular weight is 496 g/mol. The zero-order chi connectivity index (χ0) is 26.3. The highest BCUT2D eigenvalue weighted by Crippen LogP contribution is 2.48. The van der Waals surface area contributed by atoms with Crippen molar-refractivity contribution >= 4 is 11.7 Å². The SMILES string of the molecule is CCC(C)Oc1ccc(-c2ccc(-c3ccc4c(c3)C(C)(C)/C(=C\C3=C(O)C(=O)OC3)N4C)cc2)cc1. The van der Waals surface area contributed by atoms with Gasteiger partial charge >= 0.3 is 5.97 Å². The third-order valence-corrected chi connectivity index (χ3v) is 7.52. The fourth-order valence-corrected chi connectivity index (χ4v) is 5.06. The Bertz CT molecular complexity index is 1400. The summed E-state index contributed by atoms with van der Waals surface area (Å²) < 4.78 is 10.9. The number of esters is 1. The van der Waals surface area contributed by atoms with Crippen LogP contribution in [-0.4, -0.2) is 30.8 Å². The summed E-state index contributed by atoms with van der Waals surface area (Å²) in [5, 5.41) is 10.1. The molecular weight excluding hydrogens is 462 g/mol. The molecule has 3 aromatic rings. The molecule has 0 radical (unpaired) electrons. The number of hydrogen-bond donors (Lipinski definition) is 1. The van der Waals surface area contributed by atoms with Crippen LogP contribution in [0.4, 0.5) is 5.69 Å². The molecule has 37 heavy (non-hydrogen) atoms. The first-order valence-corrected chi connectivity index (χ1v) is 12.8. The maximum absolute atomic E-state index is 11.6. The van der Waals surface area contributed by atoms with Gasteiger partial charge in [0.1, 0.15) is 12.4 Å². The second-order valence-corrected chi connectivity index (χ2v) is 10.3. The Balaban J connectivity index is 1.40. The molecule has 2 heterocycles. The van der Waals surface area contributed by atoms with Crippen molar-refractivity contribution in [2.45, 2.75) is 45.6 Å². The number of carbonyl (C=O) groups is 1. The van der Waals surface area contributed by atoms with Crippen LogP contribution in [-0.2, 0) is 14.9 Å². The molecule has 0 aromatic heterocycles. The molecule has 1 unspecified atom stereocenters. The summed E-state index contributed by atoms with van der Waals surface area (Å²) in [6, 6.07) is 23.4. The standard InChI is InChI=1S/C32H33NO4/c1-6-20(2)37-26-14-11-22(12-15-26)21-7-9-23(10-8-21)24-13-16-28-27(17-24)32(3,4)29(33(28)5)18-25-19-36-31(35)30(25)34/h7-18,20,34H,6,19H2,1-5H3/b29-18+. The largest absolute Gasteiger partial charge is 0.502 e. The molecule has 1 atom stereocenters. The number of carbonyl (C=O) groups excluding carboxylic acids is 1. The van der Waals surface area contributed by atoms with Gasteiger partial charge in [-0.3, -0.25) is 0 Å². The molecule has 3 aromatic carbocycles. The summed E-state index contributed by atoms with van der Waals surface area (Å²) in [5.74, 6) is -0.0672. The number of rotatable bonds is 6. The lowest BCUT2D eigenvalue weighted by molar-refractivity contribution is -0.138. The van der Waals surface area contributed by atoms with E-state index >= 15 is 0 Å². The molecule has 0 saturated carbocycles. The van der Waals surface area contributed by atoms with E-state index in [0.717, 1.165) is 45.8 Å². The lowest BCUT2D eigenvalue weighted by Crippen LogP contribution is -2.23. The Morgan fingerprint density at radius 3 is 2.14 bits per heavy atom. The number of aliphatic hydroxyl groups excluding tert-OH is 1. The van der Waals surface area contributed by atoms with Crippen molar-refractivity contribution in [1.82, 2.24) is 0 Å². The van der Waals surface area contributed by atoms with Crippen LogP contribution in [0.2, 0.25) is 0 Å². The number of allylic oxidation sites excluding steroid dienone is 1. The first kappa shape index (κ1) is 24.7. The van der Waals surface area contributed by atoms with Crippen molar-refractivity contribution in [2.24, 2.45) is 0 Å². The van der Waals surface area contributed by atoms with Gasteiger partial charge in [-0.25, -0.2) is 4.79 Å².